The van der Waals surface area contributed by atoms with Crippen LogP contribution in [0, 0.1) is 5.82 Å². The third-order valence-corrected chi connectivity index (χ3v) is 4.81. The van der Waals surface area contributed by atoms with E-state index in [-0.39, 0.29) is 23.7 Å². The summed E-state index contributed by atoms with van der Waals surface area (Å²) in [7, 11) is 0. The highest BCUT2D eigenvalue weighted by molar-refractivity contribution is 6.05. The van der Waals surface area contributed by atoms with Crippen LogP contribution >= 0.6 is 0 Å². The van der Waals surface area contributed by atoms with Gasteiger partial charge in [-0.05, 0) is 41.8 Å². The van der Waals surface area contributed by atoms with E-state index in [0.29, 0.717) is 0 Å². The minimum Gasteiger partial charge on any atom is -0.300 e. The highest BCUT2D eigenvalue weighted by Crippen LogP contribution is 2.44. The van der Waals surface area contributed by atoms with Gasteiger partial charge in [-0.1, -0.05) is 60.7 Å². The number of carbonyl (C=O) groups is 1. The highest BCUT2D eigenvalue weighted by Gasteiger charge is 2.39. The van der Waals surface area contributed by atoms with Gasteiger partial charge in [-0.2, -0.15) is 0 Å². The molecule has 1 aliphatic rings. The zero-order valence-electron chi connectivity index (χ0n) is 13.9. The van der Waals surface area contributed by atoms with Crippen molar-refractivity contribution < 1.29 is 9.18 Å². The molecular weight excluding hydrogens is 313 g/mol. The molecule has 0 fully saturated rings. The number of nitrogens with zero attached hydrogens (tertiary/aromatic N) is 1. The molecule has 3 aromatic rings. The number of rotatable bonds is 3. The molecule has 0 spiro atoms. The molecule has 0 aliphatic carbocycles. The van der Waals surface area contributed by atoms with E-state index in [4.69, 9.17) is 0 Å². The monoisotopic (exact) mass is 331 g/mol. The van der Waals surface area contributed by atoms with Crippen molar-refractivity contribution in [3.63, 3.8) is 0 Å². The highest BCUT2D eigenvalue weighted by atomic mass is 19.1. The Bertz CT molecular complexity index is 868. The van der Waals surface area contributed by atoms with Gasteiger partial charge in [-0.15, -0.1) is 0 Å². The van der Waals surface area contributed by atoms with Crippen LogP contribution in [0.25, 0.3) is 0 Å². The van der Waals surface area contributed by atoms with E-state index < -0.39 is 0 Å². The zero-order valence-corrected chi connectivity index (χ0v) is 13.9. The van der Waals surface area contributed by atoms with Crippen LogP contribution < -0.4 is 4.90 Å². The quantitative estimate of drug-likeness (QED) is 0.656. The van der Waals surface area contributed by atoms with Gasteiger partial charge in [0.15, 0.2) is 0 Å². The lowest BCUT2D eigenvalue weighted by Crippen LogP contribution is -2.33. The first-order chi connectivity index (χ1) is 12.2. The molecule has 0 bridgehead atoms. The lowest BCUT2D eigenvalue weighted by Gasteiger charge is -2.30. The summed E-state index contributed by atoms with van der Waals surface area (Å²) in [5.74, 6) is -0.657. The van der Waals surface area contributed by atoms with Crippen LogP contribution in [0.3, 0.4) is 0 Å². The fourth-order valence-electron chi connectivity index (χ4n) is 3.58. The van der Waals surface area contributed by atoms with E-state index >= 15 is 0 Å². The van der Waals surface area contributed by atoms with Gasteiger partial charge in [0.05, 0.1) is 12.0 Å². The summed E-state index contributed by atoms with van der Waals surface area (Å²) in [6.07, 6.45) is 0. The van der Waals surface area contributed by atoms with E-state index in [2.05, 4.69) is 0 Å². The molecule has 1 amide bonds. The van der Waals surface area contributed by atoms with Crippen molar-refractivity contribution >= 4 is 11.6 Å². The standard InChI is InChI=1S/C22H18FNO/c1-15-19-14-18(23)12-13-20(19)24(22(15)25)21(16-8-4-2-5-9-16)17-10-6-3-7-11-17/h2-15,21H,1H3/t15-/m1/s1. The van der Waals surface area contributed by atoms with E-state index in [1.54, 1.807) is 6.07 Å². The van der Waals surface area contributed by atoms with Gasteiger partial charge >= 0.3 is 0 Å². The Kier molecular flexibility index (Phi) is 3.85. The normalized spacial score (nSPS) is 16.4. The van der Waals surface area contributed by atoms with E-state index in [0.717, 1.165) is 22.4 Å². The van der Waals surface area contributed by atoms with Crippen LogP contribution in [0.15, 0.2) is 78.9 Å². The van der Waals surface area contributed by atoms with Crippen LogP contribution in [-0.4, -0.2) is 5.91 Å². The lowest BCUT2D eigenvalue weighted by molar-refractivity contribution is -0.119. The van der Waals surface area contributed by atoms with Crippen molar-refractivity contribution in [2.75, 3.05) is 4.90 Å². The van der Waals surface area contributed by atoms with Crippen LogP contribution in [0.2, 0.25) is 0 Å². The van der Waals surface area contributed by atoms with Gasteiger partial charge in [-0.3, -0.25) is 9.69 Å². The number of anilines is 1. The Morgan fingerprint density at radius 1 is 0.880 bits per heavy atom. The molecule has 0 N–H and O–H groups in total. The first kappa shape index (κ1) is 15.6. The van der Waals surface area contributed by atoms with Gasteiger partial charge in [0, 0.05) is 5.69 Å². The van der Waals surface area contributed by atoms with Gasteiger partial charge in [0.1, 0.15) is 5.82 Å². The van der Waals surface area contributed by atoms with Crippen molar-refractivity contribution in [2.24, 2.45) is 0 Å². The number of amides is 1. The van der Waals surface area contributed by atoms with Crippen LogP contribution in [0.5, 0.6) is 0 Å². The summed E-state index contributed by atoms with van der Waals surface area (Å²) >= 11 is 0. The SMILES string of the molecule is C[C@H]1C(=O)N(C(c2ccccc2)c2ccccc2)c2ccc(F)cc21. The molecule has 0 radical (unpaired) electrons. The Morgan fingerprint density at radius 3 is 2.00 bits per heavy atom. The first-order valence-corrected chi connectivity index (χ1v) is 8.39. The molecule has 0 unspecified atom stereocenters. The van der Waals surface area contributed by atoms with Crippen molar-refractivity contribution in [3.8, 4) is 0 Å². The molecule has 1 heterocycles. The number of fused-ring (bicyclic) bond motifs is 1. The molecule has 0 saturated heterocycles. The maximum Gasteiger partial charge on any atom is 0.235 e. The van der Waals surface area contributed by atoms with Gasteiger partial charge in [0.2, 0.25) is 5.91 Å². The predicted molar refractivity (Wildman–Crippen MR) is 97.0 cm³/mol. The Morgan fingerprint density at radius 2 is 1.44 bits per heavy atom. The third kappa shape index (κ3) is 2.62. The fraction of sp³-hybridized carbons (Fsp3) is 0.136. The van der Waals surface area contributed by atoms with Crippen LogP contribution in [0.1, 0.15) is 35.6 Å². The molecule has 124 valence electrons. The fourth-order valence-corrected chi connectivity index (χ4v) is 3.58. The summed E-state index contributed by atoms with van der Waals surface area (Å²) in [5.41, 5.74) is 3.61. The Balaban J connectivity index is 1.91. The minimum atomic E-state index is -0.347. The number of carbonyl (C=O) groups excluding carboxylic acids is 1. The van der Waals surface area contributed by atoms with Crippen molar-refractivity contribution in [1.29, 1.82) is 0 Å². The van der Waals surface area contributed by atoms with Crippen LogP contribution in [-0.2, 0) is 4.79 Å². The minimum absolute atomic E-state index is 0.00157. The smallest absolute Gasteiger partial charge is 0.235 e. The van der Waals surface area contributed by atoms with Crippen molar-refractivity contribution in [3.05, 3.63) is 101 Å². The second-order valence-electron chi connectivity index (χ2n) is 6.36. The average Bonchev–Trinajstić information content (AvgIpc) is 2.89. The number of halogens is 1. The molecule has 0 saturated carbocycles. The second-order valence-corrected chi connectivity index (χ2v) is 6.36. The summed E-state index contributed by atoms with van der Waals surface area (Å²) in [6, 6.07) is 24.3. The first-order valence-electron chi connectivity index (χ1n) is 8.39. The summed E-state index contributed by atoms with van der Waals surface area (Å²) in [5, 5.41) is 0. The van der Waals surface area contributed by atoms with Gasteiger partial charge in [-0.25, -0.2) is 4.39 Å². The molecule has 25 heavy (non-hydrogen) atoms. The molecule has 1 atom stereocenters. The number of hydrogen-bond donors (Lipinski definition) is 0. The Hall–Kier alpha value is -2.94. The lowest BCUT2D eigenvalue weighted by atomic mass is 9.97. The number of hydrogen-bond acceptors (Lipinski definition) is 1. The van der Waals surface area contributed by atoms with E-state index in [1.165, 1.54) is 12.1 Å². The molecular formula is C22H18FNO. The maximum absolute atomic E-state index is 13.7. The number of benzene rings is 3. The average molecular weight is 331 g/mol. The van der Waals surface area contributed by atoms with E-state index in [1.807, 2.05) is 72.5 Å². The summed E-state index contributed by atoms with van der Waals surface area (Å²) in [4.78, 5) is 14.9. The molecule has 2 nitrogen and oxygen atoms in total. The van der Waals surface area contributed by atoms with Crippen molar-refractivity contribution in [2.45, 2.75) is 18.9 Å². The topological polar surface area (TPSA) is 20.3 Å². The van der Waals surface area contributed by atoms with Crippen LogP contribution in [0.4, 0.5) is 10.1 Å². The molecule has 3 aromatic carbocycles. The second kappa shape index (κ2) is 6.17. The third-order valence-electron chi connectivity index (χ3n) is 4.81. The summed E-state index contributed by atoms with van der Waals surface area (Å²) in [6.45, 7) is 1.84. The Labute approximate surface area is 146 Å². The molecule has 3 heteroatoms. The molecule has 0 aromatic heterocycles. The van der Waals surface area contributed by atoms with Gasteiger partial charge in [0.25, 0.3) is 0 Å². The van der Waals surface area contributed by atoms with Crippen molar-refractivity contribution in [1.82, 2.24) is 0 Å². The predicted octanol–water partition coefficient (Wildman–Crippen LogP) is 5.07. The largest absolute Gasteiger partial charge is 0.300 e. The summed E-state index contributed by atoms with van der Waals surface area (Å²) < 4.78 is 13.7. The molecule has 1 aliphatic heterocycles. The maximum atomic E-state index is 13.7. The zero-order chi connectivity index (χ0) is 17.4. The molecule has 4 rings (SSSR count). The van der Waals surface area contributed by atoms with Gasteiger partial charge < -0.3 is 0 Å². The van der Waals surface area contributed by atoms with E-state index in [9.17, 15) is 9.18 Å².